The van der Waals surface area contributed by atoms with E-state index in [0.29, 0.717) is 13.0 Å². The van der Waals surface area contributed by atoms with E-state index in [1.807, 2.05) is 0 Å². The first-order valence-corrected chi connectivity index (χ1v) is 8.17. The van der Waals surface area contributed by atoms with E-state index in [1.54, 1.807) is 0 Å². The molecule has 2 fully saturated rings. The average Bonchev–Trinajstić information content (AvgIpc) is 2.85. The van der Waals surface area contributed by atoms with E-state index in [9.17, 15) is 9.90 Å². The molecule has 3 nitrogen and oxygen atoms in total. The fourth-order valence-corrected chi connectivity index (χ4v) is 3.59. The Morgan fingerprint density at radius 3 is 2.47 bits per heavy atom. The van der Waals surface area contributed by atoms with Crippen LogP contribution in [0, 0.1) is 5.92 Å². The Kier molecular flexibility index (Phi) is 5.68. The van der Waals surface area contributed by atoms with E-state index >= 15 is 0 Å². The summed E-state index contributed by atoms with van der Waals surface area (Å²) >= 11 is 0. The van der Waals surface area contributed by atoms with Crippen molar-refractivity contribution in [3.63, 3.8) is 0 Å². The Hall–Kier alpha value is -0.570. The number of carbonyl (C=O) groups excluding carboxylic acids is 1. The molecule has 2 rings (SSSR count). The predicted molar refractivity (Wildman–Crippen MR) is 76.9 cm³/mol. The van der Waals surface area contributed by atoms with Gasteiger partial charge in [0.25, 0.3) is 0 Å². The number of hydrogen-bond donors (Lipinski definition) is 2. The van der Waals surface area contributed by atoms with Crippen LogP contribution in [-0.4, -0.2) is 23.2 Å². The van der Waals surface area contributed by atoms with Gasteiger partial charge in [-0.3, -0.25) is 4.79 Å². The highest BCUT2D eigenvalue weighted by Gasteiger charge is 2.31. The zero-order chi connectivity index (χ0) is 13.6. The summed E-state index contributed by atoms with van der Waals surface area (Å²) in [6.45, 7) is 0.454. The summed E-state index contributed by atoms with van der Waals surface area (Å²) in [7, 11) is 0. The summed E-state index contributed by atoms with van der Waals surface area (Å²) in [6, 6.07) is 0. The largest absolute Gasteiger partial charge is 0.388 e. The summed E-state index contributed by atoms with van der Waals surface area (Å²) in [5, 5.41) is 13.1. The molecule has 2 N–H and O–H groups in total. The van der Waals surface area contributed by atoms with E-state index in [-0.39, 0.29) is 5.91 Å². The Morgan fingerprint density at radius 2 is 1.79 bits per heavy atom. The van der Waals surface area contributed by atoms with Crippen molar-refractivity contribution in [1.29, 1.82) is 0 Å². The first kappa shape index (κ1) is 14.8. The van der Waals surface area contributed by atoms with Gasteiger partial charge in [-0.1, -0.05) is 44.9 Å². The van der Waals surface area contributed by atoms with E-state index < -0.39 is 5.60 Å². The number of aliphatic hydroxyl groups is 1. The number of carbonyl (C=O) groups is 1. The molecule has 2 aliphatic carbocycles. The van der Waals surface area contributed by atoms with E-state index in [2.05, 4.69) is 5.32 Å². The topological polar surface area (TPSA) is 49.3 Å². The highest BCUT2D eigenvalue weighted by Crippen LogP contribution is 2.29. The number of amides is 1. The third kappa shape index (κ3) is 5.13. The zero-order valence-corrected chi connectivity index (χ0v) is 12.1. The smallest absolute Gasteiger partial charge is 0.220 e. The standard InChI is InChI=1S/C16H29NO2/c18-15(17-13-16(19)11-4-5-12-16)10-6-9-14-7-2-1-3-8-14/h14,19H,1-13H2,(H,17,18). The van der Waals surface area contributed by atoms with Crippen LogP contribution in [0.5, 0.6) is 0 Å². The summed E-state index contributed by atoms with van der Waals surface area (Å²) in [6.07, 6.45) is 13.6. The van der Waals surface area contributed by atoms with Crippen molar-refractivity contribution in [2.24, 2.45) is 5.92 Å². The Morgan fingerprint density at radius 1 is 1.11 bits per heavy atom. The molecule has 2 saturated carbocycles. The Labute approximate surface area is 117 Å². The van der Waals surface area contributed by atoms with Crippen LogP contribution < -0.4 is 5.32 Å². The van der Waals surface area contributed by atoms with Gasteiger partial charge in [-0.25, -0.2) is 0 Å². The lowest BCUT2D eigenvalue weighted by Gasteiger charge is -2.23. The molecule has 3 heteroatoms. The van der Waals surface area contributed by atoms with Gasteiger partial charge in [0.05, 0.1) is 5.60 Å². The van der Waals surface area contributed by atoms with Crippen molar-refractivity contribution >= 4 is 5.91 Å². The van der Waals surface area contributed by atoms with E-state index in [1.165, 1.54) is 38.5 Å². The van der Waals surface area contributed by atoms with Crippen LogP contribution >= 0.6 is 0 Å². The fraction of sp³-hybridized carbons (Fsp3) is 0.938. The van der Waals surface area contributed by atoms with Gasteiger partial charge < -0.3 is 10.4 Å². The molecule has 110 valence electrons. The Balaban J connectivity index is 1.54. The molecular weight excluding hydrogens is 238 g/mol. The SMILES string of the molecule is O=C(CCCC1CCCCC1)NCC1(O)CCCC1. The lowest BCUT2D eigenvalue weighted by Crippen LogP contribution is -2.40. The van der Waals surface area contributed by atoms with Crippen LogP contribution in [0.2, 0.25) is 0 Å². The van der Waals surface area contributed by atoms with Crippen LogP contribution in [-0.2, 0) is 4.79 Å². The van der Waals surface area contributed by atoms with Crippen molar-refractivity contribution in [2.75, 3.05) is 6.54 Å². The minimum Gasteiger partial charge on any atom is -0.388 e. The first-order valence-electron chi connectivity index (χ1n) is 8.17. The van der Waals surface area contributed by atoms with Crippen molar-refractivity contribution in [1.82, 2.24) is 5.32 Å². The maximum Gasteiger partial charge on any atom is 0.220 e. The number of rotatable bonds is 6. The van der Waals surface area contributed by atoms with Crippen LogP contribution in [0.3, 0.4) is 0 Å². The van der Waals surface area contributed by atoms with Crippen molar-refractivity contribution in [2.45, 2.75) is 82.7 Å². The minimum absolute atomic E-state index is 0.121. The first-order chi connectivity index (χ1) is 9.18. The second-order valence-electron chi connectivity index (χ2n) is 6.60. The fourth-order valence-electron chi connectivity index (χ4n) is 3.59. The normalized spacial score (nSPS) is 23.4. The Bertz CT molecular complexity index is 278. The molecule has 1 amide bonds. The molecule has 0 heterocycles. The second-order valence-corrected chi connectivity index (χ2v) is 6.60. The van der Waals surface area contributed by atoms with Gasteiger partial charge >= 0.3 is 0 Å². The van der Waals surface area contributed by atoms with Crippen LogP contribution in [0.25, 0.3) is 0 Å². The van der Waals surface area contributed by atoms with Crippen molar-refractivity contribution in [3.05, 3.63) is 0 Å². The number of nitrogens with one attached hydrogen (secondary N) is 1. The molecule has 0 aliphatic heterocycles. The maximum atomic E-state index is 11.8. The highest BCUT2D eigenvalue weighted by molar-refractivity contribution is 5.75. The van der Waals surface area contributed by atoms with Gasteiger partial charge in [0.15, 0.2) is 0 Å². The zero-order valence-electron chi connectivity index (χ0n) is 12.1. The third-order valence-corrected chi connectivity index (χ3v) is 4.89. The minimum atomic E-state index is -0.612. The molecule has 0 radical (unpaired) electrons. The molecular formula is C16H29NO2. The van der Waals surface area contributed by atoms with Gasteiger partial charge in [0.2, 0.25) is 5.91 Å². The number of hydrogen-bond acceptors (Lipinski definition) is 2. The van der Waals surface area contributed by atoms with E-state index in [0.717, 1.165) is 38.0 Å². The summed E-state index contributed by atoms with van der Waals surface area (Å²) < 4.78 is 0. The lowest BCUT2D eigenvalue weighted by molar-refractivity contribution is -0.122. The summed E-state index contributed by atoms with van der Waals surface area (Å²) in [4.78, 5) is 11.8. The van der Waals surface area contributed by atoms with Crippen LogP contribution in [0.15, 0.2) is 0 Å². The molecule has 0 bridgehead atoms. The predicted octanol–water partition coefficient (Wildman–Crippen LogP) is 3.16. The van der Waals surface area contributed by atoms with Crippen molar-refractivity contribution < 1.29 is 9.90 Å². The average molecular weight is 267 g/mol. The van der Waals surface area contributed by atoms with Gasteiger partial charge in [-0.2, -0.15) is 0 Å². The van der Waals surface area contributed by atoms with Crippen LogP contribution in [0.4, 0.5) is 0 Å². The van der Waals surface area contributed by atoms with Gasteiger partial charge in [-0.15, -0.1) is 0 Å². The lowest BCUT2D eigenvalue weighted by atomic mass is 9.86. The molecule has 0 aromatic carbocycles. The monoisotopic (exact) mass is 267 g/mol. The van der Waals surface area contributed by atoms with Gasteiger partial charge in [0.1, 0.15) is 0 Å². The maximum absolute atomic E-state index is 11.8. The molecule has 0 atom stereocenters. The summed E-state index contributed by atoms with van der Waals surface area (Å²) in [5.74, 6) is 0.983. The van der Waals surface area contributed by atoms with Gasteiger partial charge in [0, 0.05) is 13.0 Å². The molecule has 0 aromatic heterocycles. The van der Waals surface area contributed by atoms with E-state index in [4.69, 9.17) is 0 Å². The third-order valence-electron chi connectivity index (χ3n) is 4.89. The molecule has 0 unspecified atom stereocenters. The summed E-state index contributed by atoms with van der Waals surface area (Å²) in [5.41, 5.74) is -0.612. The molecule has 0 aromatic rings. The van der Waals surface area contributed by atoms with Gasteiger partial charge in [-0.05, 0) is 31.6 Å². The molecule has 19 heavy (non-hydrogen) atoms. The highest BCUT2D eigenvalue weighted by atomic mass is 16.3. The molecule has 0 saturated heterocycles. The quantitative estimate of drug-likeness (QED) is 0.776. The van der Waals surface area contributed by atoms with Crippen LogP contribution in [0.1, 0.15) is 77.0 Å². The van der Waals surface area contributed by atoms with Crippen molar-refractivity contribution in [3.8, 4) is 0 Å². The second kappa shape index (κ2) is 7.28. The molecule has 0 spiro atoms. The molecule has 2 aliphatic rings.